The van der Waals surface area contributed by atoms with Crippen LogP contribution >= 0.6 is 0 Å². The van der Waals surface area contributed by atoms with Gasteiger partial charge < -0.3 is 24.0 Å². The highest BCUT2D eigenvalue weighted by atomic mass is 32.2. The van der Waals surface area contributed by atoms with Crippen LogP contribution in [0.3, 0.4) is 0 Å². The third-order valence-electron chi connectivity index (χ3n) is 10.9. The number of benzene rings is 2. The van der Waals surface area contributed by atoms with Crippen molar-refractivity contribution in [2.24, 2.45) is 0 Å². The Hall–Kier alpha value is -3.29. The van der Waals surface area contributed by atoms with Crippen molar-refractivity contribution in [3.05, 3.63) is 46.9 Å². The van der Waals surface area contributed by atoms with Crippen LogP contribution in [-0.4, -0.2) is 99.7 Å². The largest absolute Gasteiger partial charge is 0.467 e. The van der Waals surface area contributed by atoms with Gasteiger partial charge in [-0.3, -0.25) is 4.90 Å². The molecule has 0 amide bonds. The molecule has 0 aliphatic carbocycles. The Morgan fingerprint density at radius 2 is 1.90 bits per heavy atom. The fourth-order valence-corrected chi connectivity index (χ4v) is 9.53. The van der Waals surface area contributed by atoms with Gasteiger partial charge in [0.05, 0.1) is 23.0 Å². The van der Waals surface area contributed by atoms with Gasteiger partial charge in [-0.15, -0.1) is 0 Å². The molecule has 1 unspecified atom stereocenters. The fraction of sp³-hybridized carbons (Fsp3) is 0.611. The van der Waals surface area contributed by atoms with Gasteiger partial charge in [0.1, 0.15) is 30.2 Å². The molecule has 0 N–H and O–H groups in total. The van der Waals surface area contributed by atoms with Crippen LogP contribution in [0.25, 0.3) is 10.8 Å². The zero-order valence-corrected chi connectivity index (χ0v) is 29.5. The molecule has 7 rings (SSSR count). The van der Waals surface area contributed by atoms with E-state index in [1.807, 2.05) is 19.1 Å². The van der Waals surface area contributed by atoms with Crippen LogP contribution < -0.4 is 19.3 Å². The molecule has 49 heavy (non-hydrogen) atoms. The zero-order chi connectivity index (χ0) is 34.3. The lowest BCUT2D eigenvalue weighted by atomic mass is 9.95. The Balaban J connectivity index is 1.28. The Labute approximate surface area is 287 Å². The van der Waals surface area contributed by atoms with E-state index in [0.717, 1.165) is 59.9 Å². The highest BCUT2D eigenvalue weighted by Crippen LogP contribution is 2.42. The lowest BCUT2D eigenvalue weighted by Gasteiger charge is -2.35. The standard InChI is InChI=1S/C36H47F2N5O5S/c1-4-28-30(38)10-9-24-16-26(48-23-46-2)17-32(33(24)28)41-15-11-29-31(21-41)39-35(47-22-36-12-7-14-43(36)19-25(37)18-36)40-34(29)42-13-6-5-8-27(20-42)49(3,44)45/h9-10,16-17,25,27H,4-8,11-15,18-23H2,1-3H3/t25-,27?,36+/m1/s1. The monoisotopic (exact) mass is 699 g/mol. The minimum Gasteiger partial charge on any atom is -0.467 e. The summed E-state index contributed by atoms with van der Waals surface area (Å²) in [6.07, 6.45) is 6.18. The van der Waals surface area contributed by atoms with E-state index in [4.69, 9.17) is 24.2 Å². The average molecular weight is 700 g/mol. The third-order valence-corrected chi connectivity index (χ3v) is 12.5. The summed E-state index contributed by atoms with van der Waals surface area (Å²) in [4.78, 5) is 16.5. The molecule has 0 bridgehead atoms. The molecule has 5 heterocycles. The van der Waals surface area contributed by atoms with Gasteiger partial charge in [-0.2, -0.15) is 9.97 Å². The zero-order valence-electron chi connectivity index (χ0n) is 28.7. The van der Waals surface area contributed by atoms with Crippen molar-refractivity contribution in [3.63, 3.8) is 0 Å². The molecule has 0 radical (unpaired) electrons. The fourth-order valence-electron chi connectivity index (χ4n) is 8.48. The lowest BCUT2D eigenvalue weighted by molar-refractivity contribution is 0.0512. The highest BCUT2D eigenvalue weighted by Gasteiger charge is 2.49. The first kappa shape index (κ1) is 34.2. The molecule has 2 aromatic carbocycles. The van der Waals surface area contributed by atoms with E-state index in [2.05, 4.69) is 14.7 Å². The van der Waals surface area contributed by atoms with E-state index >= 15 is 4.39 Å². The average Bonchev–Trinajstić information content (AvgIpc) is 3.48. The summed E-state index contributed by atoms with van der Waals surface area (Å²) in [6.45, 7) is 5.69. The van der Waals surface area contributed by atoms with Crippen LogP contribution in [0.15, 0.2) is 24.3 Å². The van der Waals surface area contributed by atoms with Crippen LogP contribution in [0.1, 0.15) is 62.3 Å². The molecule has 3 atom stereocenters. The number of ether oxygens (including phenoxy) is 3. The summed E-state index contributed by atoms with van der Waals surface area (Å²) in [5.74, 6) is 1.09. The lowest BCUT2D eigenvalue weighted by Crippen LogP contribution is -2.43. The van der Waals surface area contributed by atoms with Crippen molar-refractivity contribution in [2.75, 3.05) is 69.3 Å². The van der Waals surface area contributed by atoms with Gasteiger partial charge in [0.15, 0.2) is 16.6 Å². The Bertz CT molecular complexity index is 1810. The van der Waals surface area contributed by atoms with E-state index in [1.54, 1.807) is 13.2 Å². The normalized spacial score (nSPS) is 24.6. The van der Waals surface area contributed by atoms with Crippen LogP contribution in [0.2, 0.25) is 0 Å². The number of rotatable bonds is 10. The quantitative estimate of drug-likeness (QED) is 0.262. The summed E-state index contributed by atoms with van der Waals surface area (Å²) in [7, 11) is -1.69. The first-order valence-electron chi connectivity index (χ1n) is 17.6. The summed E-state index contributed by atoms with van der Waals surface area (Å²) in [5.41, 5.74) is 2.88. The molecule has 4 aliphatic rings. The van der Waals surface area contributed by atoms with E-state index in [9.17, 15) is 12.8 Å². The Morgan fingerprint density at radius 1 is 1.04 bits per heavy atom. The Kier molecular flexibility index (Phi) is 9.62. The molecular weight excluding hydrogens is 652 g/mol. The number of methoxy groups -OCH3 is 1. The van der Waals surface area contributed by atoms with Gasteiger partial charge in [0.25, 0.3) is 0 Å². The molecule has 4 aliphatic heterocycles. The predicted octanol–water partition coefficient (Wildman–Crippen LogP) is 5.24. The van der Waals surface area contributed by atoms with Gasteiger partial charge >= 0.3 is 6.01 Å². The molecule has 3 aromatic rings. The van der Waals surface area contributed by atoms with Crippen LogP contribution in [0, 0.1) is 5.82 Å². The second kappa shape index (κ2) is 13.8. The first-order chi connectivity index (χ1) is 23.6. The second-order valence-electron chi connectivity index (χ2n) is 14.2. The van der Waals surface area contributed by atoms with Gasteiger partial charge in [0, 0.05) is 68.7 Å². The molecule has 0 saturated carbocycles. The number of alkyl halides is 1. The molecule has 3 fully saturated rings. The van der Waals surface area contributed by atoms with Gasteiger partial charge in [-0.05, 0) is 68.2 Å². The maximum Gasteiger partial charge on any atom is 0.318 e. The van der Waals surface area contributed by atoms with E-state index in [0.29, 0.717) is 82.1 Å². The molecule has 13 heteroatoms. The number of hydrogen-bond acceptors (Lipinski definition) is 10. The number of hydrogen-bond donors (Lipinski definition) is 0. The number of aromatic nitrogens is 2. The van der Waals surface area contributed by atoms with Crippen LogP contribution in [-0.2, 0) is 34.0 Å². The predicted molar refractivity (Wildman–Crippen MR) is 186 cm³/mol. The van der Waals surface area contributed by atoms with Crippen LogP contribution in [0.4, 0.5) is 20.3 Å². The van der Waals surface area contributed by atoms with Crippen molar-refractivity contribution in [1.29, 1.82) is 0 Å². The molecule has 10 nitrogen and oxygen atoms in total. The number of halogens is 2. The van der Waals surface area contributed by atoms with Crippen molar-refractivity contribution >= 4 is 32.1 Å². The van der Waals surface area contributed by atoms with Crippen molar-refractivity contribution in [2.45, 2.75) is 81.8 Å². The van der Waals surface area contributed by atoms with Gasteiger partial charge in [-0.1, -0.05) is 19.4 Å². The van der Waals surface area contributed by atoms with Crippen molar-refractivity contribution in [3.8, 4) is 11.8 Å². The van der Waals surface area contributed by atoms with Crippen molar-refractivity contribution < 1.29 is 31.4 Å². The number of fused-ring (bicyclic) bond motifs is 3. The number of nitrogens with zero attached hydrogens (tertiary/aromatic N) is 5. The maximum atomic E-state index is 15.2. The number of sulfone groups is 1. The van der Waals surface area contributed by atoms with Gasteiger partial charge in [0.2, 0.25) is 0 Å². The second-order valence-corrected chi connectivity index (χ2v) is 16.5. The van der Waals surface area contributed by atoms with E-state index < -0.39 is 21.3 Å². The third kappa shape index (κ3) is 6.78. The highest BCUT2D eigenvalue weighted by molar-refractivity contribution is 7.91. The Morgan fingerprint density at radius 3 is 2.69 bits per heavy atom. The number of aryl methyl sites for hydroxylation is 1. The van der Waals surface area contributed by atoms with Crippen molar-refractivity contribution in [1.82, 2.24) is 14.9 Å². The number of anilines is 2. The SMILES string of the molecule is CCc1c(F)ccc2cc(OCOC)cc(N3CCc4c(nc(OC[C@@]56CCCN5C[C@H](F)C6)nc4N4CCCCC(S(C)(=O)=O)C4)C3)c12. The van der Waals surface area contributed by atoms with Crippen LogP contribution in [0.5, 0.6) is 11.8 Å². The summed E-state index contributed by atoms with van der Waals surface area (Å²) in [5, 5.41) is 1.23. The molecular formula is C36H47F2N5O5S. The topological polar surface area (TPSA) is 97.3 Å². The summed E-state index contributed by atoms with van der Waals surface area (Å²) >= 11 is 0. The van der Waals surface area contributed by atoms with E-state index in [-0.39, 0.29) is 24.2 Å². The molecule has 0 spiro atoms. The first-order valence-corrected chi connectivity index (χ1v) is 19.5. The summed E-state index contributed by atoms with van der Waals surface area (Å²) < 4.78 is 72.8. The maximum absolute atomic E-state index is 15.2. The molecule has 3 saturated heterocycles. The smallest absolute Gasteiger partial charge is 0.318 e. The van der Waals surface area contributed by atoms with Gasteiger partial charge in [-0.25, -0.2) is 17.2 Å². The minimum atomic E-state index is -3.26. The van der Waals surface area contributed by atoms with E-state index in [1.165, 1.54) is 12.3 Å². The minimum absolute atomic E-state index is 0.0826. The molecule has 1 aromatic heterocycles. The summed E-state index contributed by atoms with van der Waals surface area (Å²) in [6, 6.07) is 7.37. The molecule has 266 valence electrons.